The predicted molar refractivity (Wildman–Crippen MR) is 93.5 cm³/mol. The van der Waals surface area contributed by atoms with Crippen LogP contribution in [0.5, 0.6) is 11.5 Å². The second kappa shape index (κ2) is 7.36. The lowest BCUT2D eigenvalue weighted by atomic mass is 10.2. The van der Waals surface area contributed by atoms with Crippen molar-refractivity contribution in [1.82, 2.24) is 4.90 Å². The van der Waals surface area contributed by atoms with Crippen LogP contribution in [0.4, 0.5) is 10.5 Å². The lowest BCUT2D eigenvalue weighted by molar-refractivity contribution is 0.166. The lowest BCUT2D eigenvalue weighted by Gasteiger charge is -2.24. The minimum Gasteiger partial charge on any atom is -0.455 e. The monoisotopic (exact) mass is 326 g/mol. The van der Waals surface area contributed by atoms with Crippen LogP contribution in [0.25, 0.3) is 0 Å². The van der Waals surface area contributed by atoms with E-state index in [0.29, 0.717) is 18.0 Å². The number of hydrogen-bond donors (Lipinski definition) is 2. The average molecular weight is 326 g/mol. The van der Waals surface area contributed by atoms with Gasteiger partial charge in [-0.05, 0) is 49.6 Å². The van der Waals surface area contributed by atoms with Crippen LogP contribution in [0.3, 0.4) is 0 Å². The number of ether oxygens (including phenoxy) is 1. The Hall–Kier alpha value is -2.53. The van der Waals surface area contributed by atoms with Gasteiger partial charge in [0.15, 0.2) is 5.75 Å². The number of urea groups is 1. The molecule has 1 heterocycles. The molecule has 1 saturated heterocycles. The number of amides is 2. The summed E-state index contributed by atoms with van der Waals surface area (Å²) < 4.78 is 5.92. The van der Waals surface area contributed by atoms with Gasteiger partial charge in [0.05, 0.1) is 18.3 Å². The third kappa shape index (κ3) is 3.68. The Bertz CT molecular complexity index is 717. The van der Waals surface area contributed by atoms with Gasteiger partial charge >= 0.3 is 6.03 Å². The summed E-state index contributed by atoms with van der Waals surface area (Å²) in [5, 5.41) is 12.3. The number of hydrogen-bond acceptors (Lipinski definition) is 3. The normalized spacial score (nSPS) is 16.9. The highest BCUT2D eigenvalue weighted by Crippen LogP contribution is 2.30. The van der Waals surface area contributed by atoms with Gasteiger partial charge < -0.3 is 20.1 Å². The Balaban J connectivity index is 1.75. The fourth-order valence-corrected chi connectivity index (χ4v) is 2.94. The van der Waals surface area contributed by atoms with E-state index in [-0.39, 0.29) is 18.7 Å². The number of para-hydroxylation sites is 2. The summed E-state index contributed by atoms with van der Waals surface area (Å²) in [7, 11) is 0. The van der Waals surface area contributed by atoms with E-state index in [4.69, 9.17) is 4.74 Å². The van der Waals surface area contributed by atoms with Crippen molar-refractivity contribution in [2.75, 3.05) is 18.5 Å². The molecule has 1 fully saturated rings. The summed E-state index contributed by atoms with van der Waals surface area (Å²) in [6, 6.07) is 14.8. The van der Waals surface area contributed by atoms with Crippen molar-refractivity contribution in [2.24, 2.45) is 0 Å². The van der Waals surface area contributed by atoms with Crippen LogP contribution in [0.15, 0.2) is 48.5 Å². The number of benzene rings is 2. The molecule has 2 amide bonds. The first-order valence-electron chi connectivity index (χ1n) is 8.19. The molecule has 0 aromatic heterocycles. The Kier molecular flexibility index (Phi) is 5.01. The van der Waals surface area contributed by atoms with Crippen LogP contribution >= 0.6 is 0 Å². The number of nitrogens with one attached hydrogen (secondary N) is 1. The second-order valence-corrected chi connectivity index (χ2v) is 6.02. The zero-order valence-corrected chi connectivity index (χ0v) is 13.7. The Morgan fingerprint density at radius 2 is 2.12 bits per heavy atom. The molecular formula is C19H22N2O3. The number of carbonyl (C=O) groups is 1. The van der Waals surface area contributed by atoms with Gasteiger partial charge in [-0.3, -0.25) is 0 Å². The van der Waals surface area contributed by atoms with Gasteiger partial charge in [0.2, 0.25) is 0 Å². The molecule has 3 rings (SSSR count). The minimum absolute atomic E-state index is 0.00510. The van der Waals surface area contributed by atoms with Crippen molar-refractivity contribution >= 4 is 11.7 Å². The third-order valence-electron chi connectivity index (χ3n) is 4.19. The molecule has 24 heavy (non-hydrogen) atoms. The molecule has 0 unspecified atom stereocenters. The van der Waals surface area contributed by atoms with Crippen LogP contribution < -0.4 is 10.1 Å². The van der Waals surface area contributed by atoms with Gasteiger partial charge in [0.1, 0.15) is 5.75 Å². The second-order valence-electron chi connectivity index (χ2n) is 6.02. The zero-order chi connectivity index (χ0) is 16.9. The molecular weight excluding hydrogens is 304 g/mol. The molecule has 5 heteroatoms. The van der Waals surface area contributed by atoms with E-state index < -0.39 is 0 Å². The molecule has 1 aliphatic heterocycles. The summed E-state index contributed by atoms with van der Waals surface area (Å²) in [6.07, 6.45) is 1.76. The Morgan fingerprint density at radius 3 is 2.92 bits per heavy atom. The predicted octanol–water partition coefficient (Wildman–Crippen LogP) is 3.78. The van der Waals surface area contributed by atoms with E-state index in [0.717, 1.165) is 24.2 Å². The van der Waals surface area contributed by atoms with E-state index in [1.54, 1.807) is 4.90 Å². The molecule has 0 bridgehead atoms. The SMILES string of the molecule is Cc1cccc(Oc2ccccc2NC(=O)N2CCC[C@H]2CO)c1. The van der Waals surface area contributed by atoms with E-state index in [1.807, 2.05) is 55.5 Å². The highest BCUT2D eigenvalue weighted by atomic mass is 16.5. The summed E-state index contributed by atoms with van der Waals surface area (Å²) in [5.41, 5.74) is 1.73. The van der Waals surface area contributed by atoms with Gasteiger partial charge in [-0.25, -0.2) is 4.79 Å². The first kappa shape index (κ1) is 16.3. The van der Waals surface area contributed by atoms with Crippen LogP contribution in [-0.4, -0.2) is 35.2 Å². The highest BCUT2D eigenvalue weighted by molar-refractivity contribution is 5.91. The molecule has 0 aliphatic carbocycles. The van der Waals surface area contributed by atoms with Crippen LogP contribution in [0.2, 0.25) is 0 Å². The molecule has 126 valence electrons. The maximum Gasteiger partial charge on any atom is 0.322 e. The highest BCUT2D eigenvalue weighted by Gasteiger charge is 2.28. The van der Waals surface area contributed by atoms with E-state index in [2.05, 4.69) is 5.32 Å². The molecule has 0 spiro atoms. The molecule has 1 aliphatic rings. The summed E-state index contributed by atoms with van der Waals surface area (Å²) >= 11 is 0. The molecule has 0 radical (unpaired) electrons. The molecule has 0 saturated carbocycles. The number of likely N-dealkylation sites (tertiary alicyclic amines) is 1. The molecule has 2 aromatic rings. The minimum atomic E-state index is -0.202. The quantitative estimate of drug-likeness (QED) is 0.899. The number of anilines is 1. The average Bonchev–Trinajstić information content (AvgIpc) is 3.05. The third-order valence-corrected chi connectivity index (χ3v) is 4.19. The molecule has 5 nitrogen and oxygen atoms in total. The lowest BCUT2D eigenvalue weighted by Crippen LogP contribution is -2.40. The summed E-state index contributed by atoms with van der Waals surface area (Å²) in [6.45, 7) is 2.66. The van der Waals surface area contributed by atoms with Gasteiger partial charge in [0.25, 0.3) is 0 Å². The standard InChI is InChI=1S/C19H22N2O3/c1-14-6-4-8-16(12-14)24-18-10-3-2-9-17(18)20-19(23)21-11-5-7-15(21)13-22/h2-4,6,8-10,12,15,22H,5,7,11,13H2,1H3,(H,20,23)/t15-/m0/s1. The topological polar surface area (TPSA) is 61.8 Å². The van der Waals surface area contributed by atoms with Crippen molar-refractivity contribution in [3.8, 4) is 11.5 Å². The fourth-order valence-electron chi connectivity index (χ4n) is 2.94. The molecule has 2 aromatic carbocycles. The maximum atomic E-state index is 12.5. The van der Waals surface area contributed by atoms with E-state index in [1.165, 1.54) is 0 Å². The van der Waals surface area contributed by atoms with Crippen molar-refractivity contribution in [2.45, 2.75) is 25.8 Å². The number of aliphatic hydroxyl groups is 1. The number of nitrogens with zero attached hydrogens (tertiary/aromatic N) is 1. The van der Waals surface area contributed by atoms with Crippen LogP contribution in [0, 0.1) is 6.92 Å². The number of carbonyl (C=O) groups excluding carboxylic acids is 1. The molecule has 2 N–H and O–H groups in total. The number of aryl methyl sites for hydroxylation is 1. The van der Waals surface area contributed by atoms with Crippen molar-refractivity contribution < 1.29 is 14.6 Å². The van der Waals surface area contributed by atoms with Crippen LogP contribution in [0.1, 0.15) is 18.4 Å². The van der Waals surface area contributed by atoms with Gasteiger partial charge in [0, 0.05) is 6.54 Å². The van der Waals surface area contributed by atoms with Gasteiger partial charge in [-0.15, -0.1) is 0 Å². The first-order valence-corrected chi connectivity index (χ1v) is 8.19. The fraction of sp³-hybridized carbons (Fsp3) is 0.316. The Morgan fingerprint density at radius 1 is 1.29 bits per heavy atom. The van der Waals surface area contributed by atoms with Crippen molar-refractivity contribution in [3.05, 3.63) is 54.1 Å². The van der Waals surface area contributed by atoms with Crippen molar-refractivity contribution in [1.29, 1.82) is 0 Å². The summed E-state index contributed by atoms with van der Waals surface area (Å²) in [5.74, 6) is 1.32. The summed E-state index contributed by atoms with van der Waals surface area (Å²) in [4.78, 5) is 14.2. The van der Waals surface area contributed by atoms with Crippen molar-refractivity contribution in [3.63, 3.8) is 0 Å². The molecule has 1 atom stereocenters. The van der Waals surface area contributed by atoms with E-state index in [9.17, 15) is 9.90 Å². The largest absolute Gasteiger partial charge is 0.455 e. The first-order chi connectivity index (χ1) is 11.7. The van der Waals surface area contributed by atoms with Gasteiger partial charge in [-0.2, -0.15) is 0 Å². The maximum absolute atomic E-state index is 12.5. The number of aliphatic hydroxyl groups excluding tert-OH is 1. The van der Waals surface area contributed by atoms with Gasteiger partial charge in [-0.1, -0.05) is 24.3 Å². The van der Waals surface area contributed by atoms with E-state index >= 15 is 0 Å². The zero-order valence-electron chi connectivity index (χ0n) is 13.7. The smallest absolute Gasteiger partial charge is 0.322 e. The number of rotatable bonds is 4. The Labute approximate surface area is 141 Å². The van der Waals surface area contributed by atoms with Crippen LogP contribution in [-0.2, 0) is 0 Å².